The molecule has 4 nitrogen and oxygen atoms in total. The maximum absolute atomic E-state index is 12.6. The SMILES string of the molecule is C=C=CC12C=CC(=O)C(OC(C)=O)=C1CCC1C2CCC2(C)C(=O)CCC12. The zero-order valence-corrected chi connectivity index (χ0v) is 16.0. The van der Waals surface area contributed by atoms with Gasteiger partial charge in [-0.1, -0.05) is 19.6 Å². The molecule has 4 aliphatic carbocycles. The second-order valence-electron chi connectivity index (χ2n) is 8.71. The van der Waals surface area contributed by atoms with E-state index in [0.717, 1.165) is 31.3 Å². The molecule has 0 bridgehead atoms. The number of hydrogen-bond donors (Lipinski definition) is 0. The molecular weight excluding hydrogens is 340 g/mol. The van der Waals surface area contributed by atoms with Crippen molar-refractivity contribution < 1.29 is 19.1 Å². The van der Waals surface area contributed by atoms with E-state index >= 15 is 0 Å². The quantitative estimate of drug-likeness (QED) is 0.546. The van der Waals surface area contributed by atoms with Crippen LogP contribution >= 0.6 is 0 Å². The largest absolute Gasteiger partial charge is 0.423 e. The first-order valence-electron chi connectivity index (χ1n) is 9.89. The van der Waals surface area contributed by atoms with Crippen molar-refractivity contribution in [2.75, 3.05) is 0 Å². The van der Waals surface area contributed by atoms with Crippen LogP contribution in [0, 0.1) is 28.6 Å². The van der Waals surface area contributed by atoms with Crippen molar-refractivity contribution in [3.63, 3.8) is 0 Å². The van der Waals surface area contributed by atoms with E-state index < -0.39 is 11.4 Å². The monoisotopic (exact) mass is 366 g/mol. The highest BCUT2D eigenvalue weighted by molar-refractivity contribution is 6.06. The Morgan fingerprint density at radius 2 is 2.04 bits per heavy atom. The lowest BCUT2D eigenvalue weighted by molar-refractivity contribution is -0.140. The number of esters is 1. The van der Waals surface area contributed by atoms with E-state index in [9.17, 15) is 14.4 Å². The van der Waals surface area contributed by atoms with Crippen LogP contribution in [0.1, 0.15) is 52.4 Å². The molecule has 3 fully saturated rings. The fraction of sp³-hybridized carbons (Fsp3) is 0.565. The van der Waals surface area contributed by atoms with Gasteiger partial charge in [-0.15, -0.1) is 5.73 Å². The van der Waals surface area contributed by atoms with Gasteiger partial charge in [0.2, 0.25) is 5.78 Å². The first-order chi connectivity index (χ1) is 12.8. The smallest absolute Gasteiger partial charge is 0.308 e. The molecule has 0 spiro atoms. The predicted octanol–water partition coefficient (Wildman–Crippen LogP) is 4.08. The summed E-state index contributed by atoms with van der Waals surface area (Å²) in [6.07, 6.45) is 10.5. The average Bonchev–Trinajstić information content (AvgIpc) is 2.93. The van der Waals surface area contributed by atoms with Crippen molar-refractivity contribution in [1.29, 1.82) is 0 Å². The molecule has 0 radical (unpaired) electrons. The van der Waals surface area contributed by atoms with Crippen LogP contribution in [0.25, 0.3) is 0 Å². The molecular formula is C23H26O4. The van der Waals surface area contributed by atoms with Crippen LogP contribution in [-0.2, 0) is 19.1 Å². The summed E-state index contributed by atoms with van der Waals surface area (Å²) in [5, 5.41) is 0. The number of hydrogen-bond acceptors (Lipinski definition) is 4. The number of ether oxygens (including phenoxy) is 1. The minimum Gasteiger partial charge on any atom is -0.423 e. The van der Waals surface area contributed by atoms with Crippen molar-refractivity contribution in [3.05, 3.63) is 41.9 Å². The fourth-order valence-corrected chi connectivity index (χ4v) is 6.44. The Morgan fingerprint density at radius 3 is 2.74 bits per heavy atom. The first-order valence-corrected chi connectivity index (χ1v) is 9.89. The van der Waals surface area contributed by atoms with Gasteiger partial charge in [0, 0.05) is 24.2 Å². The summed E-state index contributed by atoms with van der Waals surface area (Å²) in [6.45, 7) is 7.26. The van der Waals surface area contributed by atoms with Crippen LogP contribution in [-0.4, -0.2) is 17.5 Å². The van der Waals surface area contributed by atoms with Crippen molar-refractivity contribution in [2.45, 2.75) is 52.4 Å². The highest BCUT2D eigenvalue weighted by atomic mass is 16.5. The maximum atomic E-state index is 12.6. The van der Waals surface area contributed by atoms with Gasteiger partial charge in [-0.05, 0) is 67.6 Å². The van der Waals surface area contributed by atoms with E-state index in [2.05, 4.69) is 19.2 Å². The molecule has 3 saturated carbocycles. The molecule has 4 aliphatic rings. The van der Waals surface area contributed by atoms with Crippen LogP contribution in [0.5, 0.6) is 0 Å². The molecule has 0 heterocycles. The molecule has 142 valence electrons. The van der Waals surface area contributed by atoms with E-state index in [0.29, 0.717) is 30.5 Å². The third kappa shape index (κ3) is 2.46. The molecule has 0 aromatic rings. The Kier molecular flexibility index (Phi) is 4.16. The van der Waals surface area contributed by atoms with Gasteiger partial charge < -0.3 is 4.74 Å². The molecule has 0 aromatic heterocycles. The zero-order valence-electron chi connectivity index (χ0n) is 16.0. The molecule has 0 N–H and O–H groups in total. The molecule has 4 rings (SSSR count). The van der Waals surface area contributed by atoms with Crippen molar-refractivity contribution >= 4 is 17.5 Å². The van der Waals surface area contributed by atoms with Gasteiger partial charge in [0.05, 0.1) is 0 Å². The van der Waals surface area contributed by atoms with Gasteiger partial charge in [-0.25, -0.2) is 0 Å². The maximum Gasteiger partial charge on any atom is 0.308 e. The Hall–Kier alpha value is -2.19. The number of rotatable bonds is 2. The molecule has 5 atom stereocenters. The standard InChI is InChI=1S/C23H26O4/c1-4-11-23-13-10-19(25)21(27-14(2)24)18(23)6-5-15-16-7-8-20(26)22(16,3)12-9-17(15)23/h10-11,13,15-17H,1,5-9,12H2,2-3H3. The molecule has 0 aromatic carbocycles. The Labute approximate surface area is 160 Å². The number of ketones is 2. The van der Waals surface area contributed by atoms with Gasteiger partial charge >= 0.3 is 5.97 Å². The number of Topliss-reactive ketones (excluding diaryl/α,β-unsaturated/α-hetero) is 1. The Morgan fingerprint density at radius 1 is 1.26 bits per heavy atom. The minimum absolute atomic E-state index is 0.186. The van der Waals surface area contributed by atoms with E-state index in [-0.39, 0.29) is 22.9 Å². The summed E-state index contributed by atoms with van der Waals surface area (Å²) in [5.41, 5.74) is 3.14. The van der Waals surface area contributed by atoms with Crippen LogP contribution in [0.3, 0.4) is 0 Å². The lowest BCUT2D eigenvalue weighted by Gasteiger charge is -2.55. The summed E-state index contributed by atoms with van der Waals surface area (Å²) < 4.78 is 5.37. The van der Waals surface area contributed by atoms with Crippen LogP contribution in [0.4, 0.5) is 0 Å². The third-order valence-corrected chi connectivity index (χ3v) is 7.61. The van der Waals surface area contributed by atoms with Gasteiger partial charge in [-0.3, -0.25) is 14.4 Å². The lowest BCUT2D eigenvalue weighted by Crippen LogP contribution is -2.50. The molecule has 0 saturated heterocycles. The van der Waals surface area contributed by atoms with Gasteiger partial charge in [-0.2, -0.15) is 0 Å². The van der Waals surface area contributed by atoms with Crippen molar-refractivity contribution in [2.24, 2.45) is 28.6 Å². The normalized spacial score (nSPS) is 40.0. The number of carbonyl (C=O) groups is 3. The van der Waals surface area contributed by atoms with E-state index in [4.69, 9.17) is 4.74 Å². The summed E-state index contributed by atoms with van der Waals surface area (Å²) in [5.74, 6) is 0.958. The first kappa shape index (κ1) is 18.2. The number of fused-ring (bicyclic) bond motifs is 5. The molecule has 27 heavy (non-hydrogen) atoms. The summed E-state index contributed by atoms with van der Waals surface area (Å²) in [6, 6.07) is 0. The van der Waals surface area contributed by atoms with Crippen LogP contribution < -0.4 is 0 Å². The summed E-state index contributed by atoms with van der Waals surface area (Å²) in [4.78, 5) is 36.6. The van der Waals surface area contributed by atoms with Crippen LogP contribution in [0.15, 0.2) is 41.9 Å². The highest BCUT2D eigenvalue weighted by Crippen LogP contribution is 2.64. The van der Waals surface area contributed by atoms with E-state index in [1.807, 2.05) is 12.2 Å². The van der Waals surface area contributed by atoms with Crippen molar-refractivity contribution in [3.8, 4) is 0 Å². The number of allylic oxidation sites excluding steroid dienone is 4. The highest BCUT2D eigenvalue weighted by Gasteiger charge is 2.60. The van der Waals surface area contributed by atoms with Gasteiger partial charge in [0.25, 0.3) is 0 Å². The molecule has 5 unspecified atom stereocenters. The van der Waals surface area contributed by atoms with Crippen molar-refractivity contribution in [1.82, 2.24) is 0 Å². The summed E-state index contributed by atoms with van der Waals surface area (Å²) in [7, 11) is 0. The minimum atomic E-state index is -0.490. The average molecular weight is 366 g/mol. The third-order valence-electron chi connectivity index (χ3n) is 7.61. The molecule has 4 heteroatoms. The van der Waals surface area contributed by atoms with Gasteiger partial charge in [0.1, 0.15) is 5.78 Å². The molecule has 0 amide bonds. The second-order valence-corrected chi connectivity index (χ2v) is 8.71. The van der Waals surface area contributed by atoms with E-state index in [1.165, 1.54) is 13.0 Å². The fourth-order valence-electron chi connectivity index (χ4n) is 6.44. The second kappa shape index (κ2) is 6.17. The number of carbonyl (C=O) groups excluding carboxylic acids is 3. The predicted molar refractivity (Wildman–Crippen MR) is 100 cm³/mol. The Balaban J connectivity index is 1.82. The summed E-state index contributed by atoms with van der Waals surface area (Å²) >= 11 is 0. The van der Waals surface area contributed by atoms with Gasteiger partial charge in [0.15, 0.2) is 5.76 Å². The molecule has 0 aliphatic heterocycles. The van der Waals surface area contributed by atoms with E-state index in [1.54, 1.807) is 0 Å². The zero-order chi connectivity index (χ0) is 19.4. The lowest BCUT2D eigenvalue weighted by atomic mass is 9.48. The topological polar surface area (TPSA) is 60.4 Å². The van der Waals surface area contributed by atoms with Crippen LogP contribution in [0.2, 0.25) is 0 Å². The Bertz CT molecular complexity index is 840.